The molecule has 2 nitrogen and oxygen atoms in total. The minimum absolute atomic E-state index is 0.677. The van der Waals surface area contributed by atoms with Crippen molar-refractivity contribution in [1.82, 2.24) is 0 Å². The number of hydrogen-bond acceptors (Lipinski definition) is 2. The summed E-state index contributed by atoms with van der Waals surface area (Å²) in [5.41, 5.74) is 8.65. The molecule has 2 N–H and O–H groups in total. The highest BCUT2D eigenvalue weighted by molar-refractivity contribution is 7.80. The van der Waals surface area contributed by atoms with E-state index >= 15 is 0 Å². The quantitative estimate of drug-likeness (QED) is 0.302. The summed E-state index contributed by atoms with van der Waals surface area (Å²) < 4.78 is 0. The third-order valence-electron chi connectivity index (χ3n) is 4.49. The number of nitrogens with zero attached hydrogens (tertiary/aromatic N) is 1. The van der Waals surface area contributed by atoms with Crippen molar-refractivity contribution in [2.24, 2.45) is 4.99 Å². The van der Waals surface area contributed by atoms with Crippen LogP contribution in [0.3, 0.4) is 0 Å². The van der Waals surface area contributed by atoms with E-state index in [0.717, 1.165) is 11.3 Å². The van der Waals surface area contributed by atoms with Crippen molar-refractivity contribution >= 4 is 41.4 Å². The first-order valence-corrected chi connectivity index (χ1v) is 10.5. The Bertz CT molecular complexity index is 1040. The molecule has 0 radical (unpaired) electrons. The molecule has 0 unspecified atom stereocenters. The van der Waals surface area contributed by atoms with Gasteiger partial charge in [-0.05, 0) is 36.0 Å². The highest BCUT2D eigenvalue weighted by atomic mass is 31.1. The van der Waals surface area contributed by atoms with Crippen LogP contribution in [0, 0.1) is 0 Å². The largest absolute Gasteiger partial charge is 0.397 e. The molecule has 3 heteroatoms. The van der Waals surface area contributed by atoms with Crippen LogP contribution in [-0.4, -0.2) is 6.21 Å². The number of rotatable bonds is 5. The van der Waals surface area contributed by atoms with Gasteiger partial charge in [-0.15, -0.1) is 0 Å². The van der Waals surface area contributed by atoms with Gasteiger partial charge in [-0.1, -0.05) is 97.1 Å². The number of nitrogens with two attached hydrogens (primary N) is 1. The van der Waals surface area contributed by atoms with Crippen LogP contribution in [0.15, 0.2) is 114 Å². The molecule has 0 fully saturated rings. The van der Waals surface area contributed by atoms with E-state index in [-0.39, 0.29) is 0 Å². The van der Waals surface area contributed by atoms with Gasteiger partial charge in [-0.25, -0.2) is 0 Å². The van der Waals surface area contributed by atoms with E-state index in [1.54, 1.807) is 0 Å². The molecule has 0 spiro atoms. The zero-order valence-electron chi connectivity index (χ0n) is 15.4. The predicted molar refractivity (Wildman–Crippen MR) is 123 cm³/mol. The number of para-hydroxylation sites is 2. The third kappa shape index (κ3) is 4.03. The zero-order valence-corrected chi connectivity index (χ0v) is 16.3. The van der Waals surface area contributed by atoms with Crippen LogP contribution in [0.4, 0.5) is 11.4 Å². The van der Waals surface area contributed by atoms with Crippen LogP contribution in [0.2, 0.25) is 0 Å². The van der Waals surface area contributed by atoms with Crippen molar-refractivity contribution < 1.29 is 0 Å². The molecular formula is C25H21N2P. The molecule has 0 bridgehead atoms. The van der Waals surface area contributed by atoms with Gasteiger partial charge in [0.05, 0.1) is 11.4 Å². The maximum atomic E-state index is 6.05. The van der Waals surface area contributed by atoms with Gasteiger partial charge in [0.1, 0.15) is 0 Å². The van der Waals surface area contributed by atoms with E-state index < -0.39 is 7.92 Å². The molecule has 0 heterocycles. The van der Waals surface area contributed by atoms with E-state index in [4.69, 9.17) is 5.73 Å². The van der Waals surface area contributed by atoms with Gasteiger partial charge in [0.25, 0.3) is 0 Å². The summed E-state index contributed by atoms with van der Waals surface area (Å²) >= 11 is 0. The molecule has 0 saturated heterocycles. The van der Waals surface area contributed by atoms with E-state index in [1.807, 2.05) is 30.5 Å². The van der Waals surface area contributed by atoms with Crippen LogP contribution in [-0.2, 0) is 0 Å². The van der Waals surface area contributed by atoms with E-state index in [2.05, 4.69) is 89.9 Å². The summed E-state index contributed by atoms with van der Waals surface area (Å²) in [6.45, 7) is 0. The lowest BCUT2D eigenvalue weighted by molar-refractivity contribution is 1.53. The average molecular weight is 380 g/mol. The monoisotopic (exact) mass is 380 g/mol. The summed E-state index contributed by atoms with van der Waals surface area (Å²) in [5.74, 6) is 0. The van der Waals surface area contributed by atoms with Crippen LogP contribution in [0.5, 0.6) is 0 Å². The van der Waals surface area contributed by atoms with Crippen molar-refractivity contribution in [3.05, 3.63) is 115 Å². The Morgan fingerprint density at radius 1 is 0.607 bits per heavy atom. The smallest absolute Gasteiger partial charge is 0.0859 e. The van der Waals surface area contributed by atoms with Gasteiger partial charge in [-0.2, -0.15) is 0 Å². The van der Waals surface area contributed by atoms with Crippen LogP contribution < -0.4 is 21.6 Å². The summed E-state index contributed by atoms with van der Waals surface area (Å²) in [6, 6.07) is 37.6. The van der Waals surface area contributed by atoms with Crippen LogP contribution in [0.25, 0.3) is 0 Å². The molecule has 0 aliphatic carbocycles. The second-order valence-electron chi connectivity index (χ2n) is 6.38. The molecule has 0 aliphatic rings. The Labute approximate surface area is 167 Å². The van der Waals surface area contributed by atoms with Crippen LogP contribution >= 0.6 is 7.92 Å². The highest BCUT2D eigenvalue weighted by Crippen LogP contribution is 2.33. The summed E-state index contributed by atoms with van der Waals surface area (Å²) in [6.07, 6.45) is 1.93. The second kappa shape index (κ2) is 8.65. The minimum Gasteiger partial charge on any atom is -0.397 e. The summed E-state index contributed by atoms with van der Waals surface area (Å²) in [5, 5.41) is 3.93. The minimum atomic E-state index is -0.677. The molecule has 0 aliphatic heterocycles. The van der Waals surface area contributed by atoms with E-state index in [0.29, 0.717) is 5.69 Å². The van der Waals surface area contributed by atoms with Gasteiger partial charge in [0.15, 0.2) is 0 Å². The van der Waals surface area contributed by atoms with Crippen molar-refractivity contribution in [3.63, 3.8) is 0 Å². The fourth-order valence-electron chi connectivity index (χ4n) is 3.13. The lowest BCUT2D eigenvalue weighted by atomic mass is 10.2. The fraction of sp³-hybridized carbons (Fsp3) is 0. The second-order valence-corrected chi connectivity index (χ2v) is 8.57. The Morgan fingerprint density at radius 2 is 1.14 bits per heavy atom. The van der Waals surface area contributed by atoms with Gasteiger partial charge in [0.2, 0.25) is 0 Å². The molecule has 0 amide bonds. The van der Waals surface area contributed by atoms with Gasteiger partial charge < -0.3 is 5.73 Å². The SMILES string of the molecule is Nc1ccccc1N=Cc1ccccc1P(c1ccccc1)c1ccccc1. The number of nitrogen functional groups attached to an aromatic ring is 1. The first-order valence-electron chi connectivity index (χ1n) is 9.21. The number of aliphatic imine (C=N–C) groups is 1. The molecule has 28 heavy (non-hydrogen) atoms. The lowest BCUT2D eigenvalue weighted by Gasteiger charge is -2.21. The lowest BCUT2D eigenvalue weighted by Crippen LogP contribution is -2.23. The Hall–Kier alpha value is -3.22. The predicted octanol–water partition coefficient (Wildman–Crippen LogP) is 4.78. The van der Waals surface area contributed by atoms with E-state index in [1.165, 1.54) is 15.9 Å². The first-order chi connectivity index (χ1) is 13.8. The molecule has 0 saturated carbocycles. The summed E-state index contributed by atoms with van der Waals surface area (Å²) in [7, 11) is -0.677. The van der Waals surface area contributed by atoms with Gasteiger partial charge in [-0.3, -0.25) is 4.99 Å². The maximum Gasteiger partial charge on any atom is 0.0859 e. The maximum absolute atomic E-state index is 6.05. The average Bonchev–Trinajstić information content (AvgIpc) is 2.76. The van der Waals surface area contributed by atoms with Crippen molar-refractivity contribution in [1.29, 1.82) is 0 Å². The Morgan fingerprint density at radius 3 is 1.79 bits per heavy atom. The normalized spacial score (nSPS) is 11.2. The van der Waals surface area contributed by atoms with Crippen molar-refractivity contribution in [2.75, 3.05) is 5.73 Å². The fourth-order valence-corrected chi connectivity index (χ4v) is 5.55. The number of anilines is 1. The Kier molecular flexibility index (Phi) is 5.61. The van der Waals surface area contributed by atoms with Gasteiger partial charge in [0, 0.05) is 11.8 Å². The van der Waals surface area contributed by atoms with E-state index in [9.17, 15) is 0 Å². The number of hydrogen-bond donors (Lipinski definition) is 1. The zero-order chi connectivity index (χ0) is 19.2. The highest BCUT2D eigenvalue weighted by Gasteiger charge is 2.18. The first kappa shape index (κ1) is 18.2. The van der Waals surface area contributed by atoms with Crippen LogP contribution in [0.1, 0.15) is 5.56 Å². The molecule has 0 aromatic heterocycles. The molecule has 0 atom stereocenters. The molecule has 4 rings (SSSR count). The van der Waals surface area contributed by atoms with Crippen molar-refractivity contribution in [2.45, 2.75) is 0 Å². The standard InChI is InChI=1S/C25H21N2P/c26-23-16-8-9-17-24(23)27-19-20-11-7-10-18-25(20)28(21-12-3-1-4-13-21)22-14-5-2-6-15-22/h1-19H,26H2. The summed E-state index contributed by atoms with van der Waals surface area (Å²) in [4.78, 5) is 4.67. The molecular weight excluding hydrogens is 359 g/mol. The molecule has 4 aromatic rings. The molecule has 4 aromatic carbocycles. The topological polar surface area (TPSA) is 38.4 Å². The number of benzene rings is 4. The van der Waals surface area contributed by atoms with Crippen molar-refractivity contribution in [3.8, 4) is 0 Å². The molecule has 136 valence electrons. The Balaban J connectivity index is 1.81. The third-order valence-corrected chi connectivity index (χ3v) is 7.00. The van der Waals surface area contributed by atoms with Gasteiger partial charge >= 0.3 is 0 Å².